The molecule has 8 heteroatoms. The molecule has 3 aromatic carbocycles. The quantitative estimate of drug-likeness (QED) is 0.186. The van der Waals surface area contributed by atoms with Crippen LogP contribution < -0.4 is 0 Å². The van der Waals surface area contributed by atoms with Crippen LogP contribution in [-0.4, -0.2) is 25.5 Å². The van der Waals surface area contributed by atoms with Crippen LogP contribution in [0, 0.1) is 24.0 Å². The van der Waals surface area contributed by atoms with Crippen molar-refractivity contribution < 1.29 is 14.5 Å². The molecule has 1 saturated heterocycles. The first-order valence-electron chi connectivity index (χ1n) is 11.0. The Labute approximate surface area is 205 Å². The number of nitrogens with zero attached hydrogens (tertiary/aromatic N) is 3. The van der Waals surface area contributed by atoms with E-state index in [1.807, 2.05) is 66.9 Å². The van der Waals surface area contributed by atoms with Gasteiger partial charge in [0.15, 0.2) is 0 Å². The van der Waals surface area contributed by atoms with E-state index in [-0.39, 0.29) is 23.4 Å². The van der Waals surface area contributed by atoms with Crippen molar-refractivity contribution in [2.45, 2.75) is 20.4 Å². The van der Waals surface area contributed by atoms with E-state index < -0.39 is 4.92 Å². The highest BCUT2D eigenvalue weighted by Gasteiger charge is 2.35. The van der Waals surface area contributed by atoms with Gasteiger partial charge in [-0.15, -0.1) is 0 Å². The van der Waals surface area contributed by atoms with Crippen LogP contribution in [0.15, 0.2) is 77.7 Å². The first-order chi connectivity index (χ1) is 16.8. The van der Waals surface area contributed by atoms with Gasteiger partial charge in [-0.2, -0.15) is 0 Å². The number of nitro benzene ring substituents is 1. The van der Waals surface area contributed by atoms with Crippen molar-refractivity contribution in [1.29, 1.82) is 0 Å². The molecule has 0 aliphatic carbocycles. The number of aromatic nitrogens is 1. The Kier molecular flexibility index (Phi) is 5.74. The number of amides is 2. The minimum atomic E-state index is -0.426. The van der Waals surface area contributed by atoms with Crippen LogP contribution >= 0.6 is 11.8 Å². The second kappa shape index (κ2) is 8.88. The molecule has 35 heavy (non-hydrogen) atoms. The fourth-order valence-corrected chi connectivity index (χ4v) is 5.28. The molecule has 4 aromatic rings. The molecule has 1 aromatic heterocycles. The molecule has 1 aliphatic rings. The molecule has 1 aliphatic heterocycles. The molecular weight excluding hydrogens is 462 g/mol. The summed E-state index contributed by atoms with van der Waals surface area (Å²) in [5.41, 5.74) is 4.05. The predicted octanol–water partition coefficient (Wildman–Crippen LogP) is 6.39. The lowest BCUT2D eigenvalue weighted by Crippen LogP contribution is -2.27. The van der Waals surface area contributed by atoms with E-state index in [0.29, 0.717) is 10.6 Å². The van der Waals surface area contributed by atoms with Gasteiger partial charge in [0.2, 0.25) is 0 Å². The lowest BCUT2D eigenvalue weighted by Gasteiger charge is -2.14. The van der Waals surface area contributed by atoms with Crippen molar-refractivity contribution in [2.75, 3.05) is 0 Å². The Hall–Kier alpha value is -4.17. The molecule has 174 valence electrons. The topological polar surface area (TPSA) is 85.5 Å². The summed E-state index contributed by atoms with van der Waals surface area (Å²) < 4.78 is 1.90. The summed E-state index contributed by atoms with van der Waals surface area (Å²) in [6.45, 7) is 3.99. The van der Waals surface area contributed by atoms with Crippen molar-refractivity contribution in [3.63, 3.8) is 0 Å². The number of nitro groups is 1. The lowest BCUT2D eigenvalue weighted by molar-refractivity contribution is -0.384. The Balaban J connectivity index is 1.46. The highest BCUT2D eigenvalue weighted by atomic mass is 32.2. The minimum absolute atomic E-state index is 0.00565. The second-order valence-electron chi connectivity index (χ2n) is 8.34. The van der Waals surface area contributed by atoms with Gasteiger partial charge in [-0.05, 0) is 65.7 Å². The largest absolute Gasteiger partial charge is 0.318 e. The number of imide groups is 1. The van der Waals surface area contributed by atoms with E-state index in [2.05, 4.69) is 0 Å². The number of aryl methyl sites for hydroxylation is 1. The maximum absolute atomic E-state index is 13.2. The number of thioether (sulfide) groups is 1. The fourth-order valence-electron chi connectivity index (χ4n) is 4.45. The molecule has 0 atom stereocenters. The van der Waals surface area contributed by atoms with Crippen LogP contribution in [0.5, 0.6) is 0 Å². The Morgan fingerprint density at radius 2 is 1.71 bits per heavy atom. The second-order valence-corrected chi connectivity index (χ2v) is 9.34. The molecule has 0 bridgehead atoms. The molecule has 1 fully saturated rings. The van der Waals surface area contributed by atoms with Crippen LogP contribution in [0.4, 0.5) is 10.5 Å². The summed E-state index contributed by atoms with van der Waals surface area (Å²) >= 11 is 0.927. The summed E-state index contributed by atoms with van der Waals surface area (Å²) in [6.07, 6.45) is 1.73. The SMILES string of the molecule is Cc1cc(/C=C2/SC(=O)N(Cc3cccc4ccccc34)C2=O)c(C)n1-c1cccc([N+](=O)[O-])c1. The number of carbonyl (C=O) groups is 2. The van der Waals surface area contributed by atoms with E-state index >= 15 is 0 Å². The highest BCUT2D eigenvalue weighted by Crippen LogP contribution is 2.35. The lowest BCUT2D eigenvalue weighted by atomic mass is 10.0. The normalized spacial score (nSPS) is 14.9. The van der Waals surface area contributed by atoms with E-state index in [9.17, 15) is 19.7 Å². The van der Waals surface area contributed by atoms with Crippen molar-refractivity contribution in [3.05, 3.63) is 110 Å². The summed E-state index contributed by atoms with van der Waals surface area (Å²) in [6, 6.07) is 22.1. The number of benzene rings is 3. The molecule has 0 saturated carbocycles. The first-order valence-corrected chi connectivity index (χ1v) is 11.8. The summed E-state index contributed by atoms with van der Waals surface area (Å²) in [7, 11) is 0. The third-order valence-corrected chi connectivity index (χ3v) is 7.05. The molecule has 5 rings (SSSR count). The molecular formula is C27H21N3O4S. The monoisotopic (exact) mass is 483 g/mol. The van der Waals surface area contributed by atoms with Gasteiger partial charge >= 0.3 is 0 Å². The van der Waals surface area contributed by atoms with Gasteiger partial charge in [-0.1, -0.05) is 48.5 Å². The zero-order valence-corrected chi connectivity index (χ0v) is 19.9. The summed E-state index contributed by atoms with van der Waals surface area (Å²) in [4.78, 5) is 38.4. The molecule has 0 unspecified atom stereocenters. The van der Waals surface area contributed by atoms with Crippen LogP contribution in [-0.2, 0) is 11.3 Å². The zero-order valence-electron chi connectivity index (χ0n) is 19.1. The van der Waals surface area contributed by atoms with Gasteiger partial charge < -0.3 is 4.57 Å². The van der Waals surface area contributed by atoms with Gasteiger partial charge in [-0.3, -0.25) is 24.6 Å². The molecule has 0 N–H and O–H groups in total. The summed E-state index contributed by atoms with van der Waals surface area (Å²) in [5, 5.41) is 13.0. The Morgan fingerprint density at radius 3 is 2.51 bits per heavy atom. The number of non-ortho nitro benzene ring substituents is 1. The predicted molar refractivity (Wildman–Crippen MR) is 137 cm³/mol. The van der Waals surface area contributed by atoms with E-state index in [1.165, 1.54) is 17.0 Å². The molecule has 2 amide bonds. The number of carbonyl (C=O) groups excluding carboxylic acids is 2. The van der Waals surface area contributed by atoms with Gasteiger partial charge in [0.1, 0.15) is 0 Å². The number of hydrogen-bond acceptors (Lipinski definition) is 5. The number of hydrogen-bond donors (Lipinski definition) is 0. The van der Waals surface area contributed by atoms with Gasteiger partial charge in [0.05, 0.1) is 22.1 Å². The number of fused-ring (bicyclic) bond motifs is 1. The first kappa shape index (κ1) is 22.6. The molecule has 7 nitrogen and oxygen atoms in total. The van der Waals surface area contributed by atoms with Crippen LogP contribution in [0.3, 0.4) is 0 Å². The minimum Gasteiger partial charge on any atom is -0.318 e. The maximum Gasteiger partial charge on any atom is 0.293 e. The average molecular weight is 484 g/mol. The third kappa shape index (κ3) is 4.13. The Morgan fingerprint density at radius 1 is 0.971 bits per heavy atom. The molecule has 2 heterocycles. The third-order valence-electron chi connectivity index (χ3n) is 6.14. The van der Waals surface area contributed by atoms with Crippen LogP contribution in [0.2, 0.25) is 0 Å². The molecule has 0 spiro atoms. The molecule has 0 radical (unpaired) electrons. The smallest absolute Gasteiger partial charge is 0.293 e. The zero-order chi connectivity index (χ0) is 24.7. The Bertz CT molecular complexity index is 1550. The number of rotatable bonds is 5. The fraction of sp³-hybridized carbons (Fsp3) is 0.111. The van der Waals surface area contributed by atoms with E-state index in [0.717, 1.165) is 45.0 Å². The van der Waals surface area contributed by atoms with Crippen molar-refractivity contribution in [2.24, 2.45) is 0 Å². The summed E-state index contributed by atoms with van der Waals surface area (Å²) in [5.74, 6) is -0.326. The standard InChI is InChI=1S/C27H21N3O4S/c1-17-13-21(18(2)29(17)22-10-6-11-23(15-22)30(33)34)14-25-26(31)28(27(32)35-25)16-20-9-5-8-19-7-3-4-12-24(19)20/h3-15H,16H2,1-2H3/b25-14+. The van der Waals surface area contributed by atoms with Crippen molar-refractivity contribution >= 4 is 45.4 Å². The van der Waals surface area contributed by atoms with Crippen molar-refractivity contribution in [1.82, 2.24) is 9.47 Å². The average Bonchev–Trinajstić information content (AvgIpc) is 3.28. The van der Waals surface area contributed by atoms with Gasteiger partial charge in [0, 0.05) is 23.5 Å². The van der Waals surface area contributed by atoms with E-state index in [4.69, 9.17) is 0 Å². The maximum atomic E-state index is 13.2. The highest BCUT2D eigenvalue weighted by molar-refractivity contribution is 8.18. The van der Waals surface area contributed by atoms with Crippen molar-refractivity contribution in [3.8, 4) is 5.69 Å². The van der Waals surface area contributed by atoms with Gasteiger partial charge in [0.25, 0.3) is 16.8 Å². The van der Waals surface area contributed by atoms with Crippen LogP contribution in [0.1, 0.15) is 22.5 Å². The van der Waals surface area contributed by atoms with E-state index in [1.54, 1.807) is 18.2 Å². The van der Waals surface area contributed by atoms with Crippen LogP contribution in [0.25, 0.3) is 22.5 Å². The van der Waals surface area contributed by atoms with Gasteiger partial charge in [-0.25, -0.2) is 0 Å².